The zero-order valence-electron chi connectivity index (χ0n) is 13.1. The molecule has 0 bridgehead atoms. The summed E-state index contributed by atoms with van der Waals surface area (Å²) in [5, 5.41) is 14.2. The second-order valence-corrected chi connectivity index (χ2v) is 5.48. The van der Waals surface area contributed by atoms with Crippen molar-refractivity contribution in [3.8, 4) is 11.5 Å². The molecule has 7 nitrogen and oxygen atoms in total. The van der Waals surface area contributed by atoms with Crippen LogP contribution in [0.3, 0.4) is 0 Å². The van der Waals surface area contributed by atoms with Crippen molar-refractivity contribution in [1.82, 2.24) is 19.7 Å². The average molecular weight is 339 g/mol. The Labute approximate surface area is 141 Å². The number of rotatable bonds is 4. The van der Waals surface area contributed by atoms with Gasteiger partial charge < -0.3 is 15.3 Å². The number of aliphatic hydroxyl groups excluding tert-OH is 1. The van der Waals surface area contributed by atoms with Gasteiger partial charge in [0.05, 0.1) is 11.9 Å². The summed E-state index contributed by atoms with van der Waals surface area (Å²) >= 11 is 0. The first kappa shape index (κ1) is 15.3. The summed E-state index contributed by atoms with van der Waals surface area (Å²) in [6, 6.07) is 9.80. The van der Waals surface area contributed by atoms with Crippen molar-refractivity contribution >= 4 is 16.9 Å². The Bertz CT molecular complexity index is 1060. The van der Waals surface area contributed by atoms with E-state index in [0.717, 1.165) is 0 Å². The van der Waals surface area contributed by atoms with Crippen molar-refractivity contribution in [1.29, 1.82) is 0 Å². The van der Waals surface area contributed by atoms with Crippen LogP contribution in [0.4, 0.5) is 10.2 Å². The first-order valence-corrected chi connectivity index (χ1v) is 7.57. The van der Waals surface area contributed by atoms with Crippen molar-refractivity contribution in [2.45, 2.75) is 13.2 Å². The number of anilines is 1. The lowest BCUT2D eigenvalue weighted by molar-refractivity contribution is 0.248. The van der Waals surface area contributed by atoms with Crippen molar-refractivity contribution in [3.63, 3.8) is 0 Å². The van der Waals surface area contributed by atoms with E-state index < -0.39 is 0 Å². The van der Waals surface area contributed by atoms with Crippen LogP contribution >= 0.6 is 0 Å². The number of aliphatic hydroxyl groups is 1. The predicted molar refractivity (Wildman–Crippen MR) is 88.9 cm³/mol. The third-order valence-electron chi connectivity index (χ3n) is 3.89. The molecule has 4 aromatic rings. The summed E-state index contributed by atoms with van der Waals surface area (Å²) in [7, 11) is 0. The normalized spacial score (nSPS) is 11.3. The van der Waals surface area contributed by atoms with E-state index in [-0.39, 0.29) is 24.8 Å². The summed E-state index contributed by atoms with van der Waals surface area (Å²) in [5.41, 5.74) is 7.41. The molecule has 3 heterocycles. The maximum Gasteiger partial charge on any atom is 0.164 e. The van der Waals surface area contributed by atoms with E-state index in [1.54, 1.807) is 35.0 Å². The van der Waals surface area contributed by atoms with Gasteiger partial charge in [-0.3, -0.25) is 0 Å². The van der Waals surface area contributed by atoms with Gasteiger partial charge in [0.1, 0.15) is 36.0 Å². The molecule has 0 spiro atoms. The van der Waals surface area contributed by atoms with Crippen LogP contribution in [-0.2, 0) is 13.2 Å². The topological polar surface area (TPSA) is 103 Å². The summed E-state index contributed by atoms with van der Waals surface area (Å²) in [6.45, 7) is -0.0347. The summed E-state index contributed by atoms with van der Waals surface area (Å²) in [5.74, 6) is 0.766. The molecule has 8 heteroatoms. The molecular weight excluding hydrogens is 325 g/mol. The molecule has 3 N–H and O–H groups in total. The highest BCUT2D eigenvalue weighted by atomic mass is 19.1. The third kappa shape index (κ3) is 2.62. The van der Waals surface area contributed by atoms with Gasteiger partial charge in [-0.1, -0.05) is 18.2 Å². The van der Waals surface area contributed by atoms with Crippen LogP contribution in [0, 0.1) is 5.82 Å². The largest absolute Gasteiger partial charge is 0.457 e. The minimum absolute atomic E-state index is 0.188. The van der Waals surface area contributed by atoms with Gasteiger partial charge in [-0.15, -0.1) is 0 Å². The number of hydrogen-bond donors (Lipinski definition) is 2. The number of nitrogens with zero attached hydrogens (tertiary/aromatic N) is 4. The van der Waals surface area contributed by atoms with Crippen molar-refractivity contribution < 1.29 is 13.9 Å². The molecule has 3 aromatic heterocycles. The van der Waals surface area contributed by atoms with E-state index in [1.165, 1.54) is 12.4 Å². The molecule has 0 saturated heterocycles. The van der Waals surface area contributed by atoms with E-state index in [0.29, 0.717) is 33.8 Å². The highest BCUT2D eigenvalue weighted by Gasteiger charge is 2.20. The van der Waals surface area contributed by atoms with E-state index in [4.69, 9.17) is 10.2 Å². The number of fused-ring (bicyclic) bond motifs is 1. The van der Waals surface area contributed by atoms with Crippen LogP contribution in [0.5, 0.6) is 0 Å². The monoisotopic (exact) mass is 339 g/mol. The molecular formula is C17H14FN5O2. The Morgan fingerprint density at radius 1 is 1.16 bits per heavy atom. The Hall–Kier alpha value is -3.26. The van der Waals surface area contributed by atoms with Crippen molar-refractivity contribution in [2.24, 2.45) is 0 Å². The molecule has 0 aliphatic heterocycles. The second kappa shape index (κ2) is 5.99. The molecule has 0 aliphatic carbocycles. The van der Waals surface area contributed by atoms with Gasteiger partial charge in [0.15, 0.2) is 11.4 Å². The zero-order valence-corrected chi connectivity index (χ0v) is 13.1. The molecule has 4 rings (SSSR count). The SMILES string of the molecule is Nc1ncnc2c1c(-c1ccc(CO)o1)nn2Cc1ccccc1F. The number of aromatic nitrogens is 4. The molecule has 25 heavy (non-hydrogen) atoms. The van der Waals surface area contributed by atoms with Crippen LogP contribution in [0.2, 0.25) is 0 Å². The number of nitrogens with two attached hydrogens (primary N) is 1. The quantitative estimate of drug-likeness (QED) is 0.591. The molecule has 0 amide bonds. The molecule has 0 saturated carbocycles. The Morgan fingerprint density at radius 2 is 2.00 bits per heavy atom. The lowest BCUT2D eigenvalue weighted by Crippen LogP contribution is -2.05. The van der Waals surface area contributed by atoms with Gasteiger partial charge in [0.2, 0.25) is 0 Å². The zero-order chi connectivity index (χ0) is 17.4. The molecule has 0 aliphatic rings. The number of nitrogen functional groups attached to an aromatic ring is 1. The maximum atomic E-state index is 14.0. The lowest BCUT2D eigenvalue weighted by atomic mass is 10.2. The summed E-state index contributed by atoms with van der Waals surface area (Å²) in [4.78, 5) is 8.24. The van der Waals surface area contributed by atoms with Gasteiger partial charge in [0.25, 0.3) is 0 Å². The van der Waals surface area contributed by atoms with Gasteiger partial charge in [0, 0.05) is 5.56 Å². The second-order valence-electron chi connectivity index (χ2n) is 5.48. The third-order valence-corrected chi connectivity index (χ3v) is 3.89. The Morgan fingerprint density at radius 3 is 2.76 bits per heavy atom. The fraction of sp³-hybridized carbons (Fsp3) is 0.118. The van der Waals surface area contributed by atoms with Crippen molar-refractivity contribution in [3.05, 3.63) is 59.9 Å². The van der Waals surface area contributed by atoms with Crippen LogP contribution in [0.25, 0.3) is 22.5 Å². The molecule has 1 aromatic carbocycles. The fourth-order valence-electron chi connectivity index (χ4n) is 2.69. The van der Waals surface area contributed by atoms with Crippen molar-refractivity contribution in [2.75, 3.05) is 5.73 Å². The van der Waals surface area contributed by atoms with E-state index in [2.05, 4.69) is 15.1 Å². The van der Waals surface area contributed by atoms with Crippen LogP contribution in [0.1, 0.15) is 11.3 Å². The summed E-state index contributed by atoms with van der Waals surface area (Å²) < 4.78 is 21.1. The average Bonchev–Trinajstić information content (AvgIpc) is 3.22. The number of halogens is 1. The molecule has 126 valence electrons. The van der Waals surface area contributed by atoms with E-state index in [9.17, 15) is 9.50 Å². The smallest absolute Gasteiger partial charge is 0.164 e. The summed E-state index contributed by atoms with van der Waals surface area (Å²) in [6.07, 6.45) is 1.34. The van der Waals surface area contributed by atoms with E-state index >= 15 is 0 Å². The Kier molecular flexibility index (Phi) is 3.66. The van der Waals surface area contributed by atoms with Gasteiger partial charge in [-0.2, -0.15) is 5.10 Å². The van der Waals surface area contributed by atoms with Crippen LogP contribution in [-0.4, -0.2) is 24.9 Å². The molecule has 0 radical (unpaired) electrons. The minimum atomic E-state index is -0.324. The standard InChI is InChI=1S/C17H14FN5O2/c18-12-4-2-1-3-10(12)7-23-17-14(16(19)20-9-21-17)15(22-23)13-6-5-11(8-24)25-13/h1-6,9,24H,7-8H2,(H2,19,20,21). The van der Waals surface area contributed by atoms with Gasteiger partial charge >= 0.3 is 0 Å². The van der Waals surface area contributed by atoms with Crippen LogP contribution < -0.4 is 5.73 Å². The number of benzene rings is 1. The first-order chi connectivity index (χ1) is 12.2. The highest BCUT2D eigenvalue weighted by Crippen LogP contribution is 2.31. The molecule has 0 fully saturated rings. The Balaban J connectivity index is 1.88. The number of hydrogen-bond acceptors (Lipinski definition) is 6. The van der Waals surface area contributed by atoms with Gasteiger partial charge in [-0.05, 0) is 18.2 Å². The fourth-order valence-corrected chi connectivity index (χ4v) is 2.69. The van der Waals surface area contributed by atoms with E-state index in [1.807, 2.05) is 0 Å². The molecule has 0 atom stereocenters. The minimum Gasteiger partial charge on any atom is -0.457 e. The number of furan rings is 1. The van der Waals surface area contributed by atoms with Crippen LogP contribution in [0.15, 0.2) is 47.1 Å². The maximum absolute atomic E-state index is 14.0. The highest BCUT2D eigenvalue weighted by molar-refractivity contribution is 5.97. The predicted octanol–water partition coefficient (Wildman–Crippen LogP) is 2.35. The lowest BCUT2D eigenvalue weighted by Gasteiger charge is -2.04. The first-order valence-electron chi connectivity index (χ1n) is 7.57. The molecule has 0 unspecified atom stereocenters. The van der Waals surface area contributed by atoms with Gasteiger partial charge in [-0.25, -0.2) is 19.0 Å².